The van der Waals surface area contributed by atoms with Gasteiger partial charge in [-0.3, -0.25) is 14.9 Å². The molecule has 0 aliphatic carbocycles. The zero-order valence-corrected chi connectivity index (χ0v) is 11.6. The van der Waals surface area contributed by atoms with Crippen molar-refractivity contribution in [2.45, 2.75) is 32.9 Å². The second kappa shape index (κ2) is 6.38. The number of hydrogen-bond donors (Lipinski definition) is 1. The van der Waals surface area contributed by atoms with Crippen LogP contribution < -0.4 is 10.1 Å². The van der Waals surface area contributed by atoms with Crippen LogP contribution in [0.2, 0.25) is 5.02 Å². The summed E-state index contributed by atoms with van der Waals surface area (Å²) in [4.78, 5) is 21.8. The van der Waals surface area contributed by atoms with Crippen molar-refractivity contribution in [2.24, 2.45) is 0 Å². The second-order valence-electron chi connectivity index (χ2n) is 4.30. The maximum Gasteiger partial charge on any atom is 0.273 e. The van der Waals surface area contributed by atoms with Crippen molar-refractivity contribution in [3.8, 4) is 5.75 Å². The number of rotatable bonds is 5. The number of nitro groups is 1. The number of halogens is 1. The Kier molecular flexibility index (Phi) is 5.11. The zero-order valence-electron chi connectivity index (χ0n) is 10.8. The first-order valence-corrected chi connectivity index (χ1v) is 6.10. The van der Waals surface area contributed by atoms with Crippen LogP contribution in [0.15, 0.2) is 18.2 Å². The van der Waals surface area contributed by atoms with Crippen molar-refractivity contribution in [3.05, 3.63) is 33.3 Å². The Morgan fingerprint density at radius 1 is 1.42 bits per heavy atom. The molecule has 0 saturated heterocycles. The average Bonchev–Trinajstić information content (AvgIpc) is 2.30. The first kappa shape index (κ1) is 15.2. The molecule has 19 heavy (non-hydrogen) atoms. The molecule has 0 aromatic heterocycles. The molecule has 1 amide bonds. The highest BCUT2D eigenvalue weighted by Gasteiger charge is 2.18. The van der Waals surface area contributed by atoms with Gasteiger partial charge in [0.05, 0.1) is 16.0 Å². The molecule has 0 spiro atoms. The Labute approximate surface area is 115 Å². The summed E-state index contributed by atoms with van der Waals surface area (Å²) in [6, 6.07) is 3.82. The molecule has 0 aliphatic heterocycles. The lowest BCUT2D eigenvalue weighted by Crippen LogP contribution is -2.40. The maximum atomic E-state index is 11.7. The van der Waals surface area contributed by atoms with E-state index in [1.165, 1.54) is 18.2 Å². The summed E-state index contributed by atoms with van der Waals surface area (Å²) in [5.74, 6) is -0.195. The number of benzene rings is 1. The predicted molar refractivity (Wildman–Crippen MR) is 71.5 cm³/mol. The summed E-state index contributed by atoms with van der Waals surface area (Å²) in [7, 11) is 0. The topological polar surface area (TPSA) is 81.5 Å². The molecular weight excluding hydrogens is 272 g/mol. The largest absolute Gasteiger partial charge is 0.479 e. The second-order valence-corrected chi connectivity index (χ2v) is 4.70. The molecule has 1 atom stereocenters. The van der Waals surface area contributed by atoms with E-state index in [0.29, 0.717) is 0 Å². The summed E-state index contributed by atoms with van der Waals surface area (Å²) in [6.45, 7) is 5.20. The molecule has 1 aromatic rings. The number of nitrogens with zero attached hydrogens (tertiary/aromatic N) is 1. The predicted octanol–water partition coefficient (Wildman–Crippen LogP) is 2.54. The van der Waals surface area contributed by atoms with E-state index in [2.05, 4.69) is 5.32 Å². The van der Waals surface area contributed by atoms with Gasteiger partial charge in [-0.2, -0.15) is 0 Å². The highest BCUT2D eigenvalue weighted by molar-refractivity contribution is 6.32. The average molecular weight is 287 g/mol. The van der Waals surface area contributed by atoms with Crippen LogP contribution in [-0.2, 0) is 4.79 Å². The van der Waals surface area contributed by atoms with Gasteiger partial charge in [-0.15, -0.1) is 0 Å². The molecule has 6 nitrogen and oxygen atoms in total. The van der Waals surface area contributed by atoms with Crippen molar-refractivity contribution in [1.82, 2.24) is 5.32 Å². The number of hydrogen-bond acceptors (Lipinski definition) is 4. The van der Waals surface area contributed by atoms with Crippen LogP contribution in [0.3, 0.4) is 0 Å². The molecule has 104 valence electrons. The van der Waals surface area contributed by atoms with Crippen LogP contribution in [0.4, 0.5) is 5.69 Å². The van der Waals surface area contributed by atoms with Gasteiger partial charge in [-0.05, 0) is 26.8 Å². The van der Waals surface area contributed by atoms with Gasteiger partial charge in [0, 0.05) is 12.1 Å². The Bertz CT molecular complexity index is 491. The Morgan fingerprint density at radius 3 is 2.58 bits per heavy atom. The zero-order chi connectivity index (χ0) is 14.6. The number of ether oxygens (including phenoxy) is 1. The molecule has 7 heteroatoms. The fraction of sp³-hybridized carbons (Fsp3) is 0.417. The number of carbonyl (C=O) groups excluding carboxylic acids is 1. The van der Waals surface area contributed by atoms with Crippen LogP contribution >= 0.6 is 11.6 Å². The molecule has 0 fully saturated rings. The van der Waals surface area contributed by atoms with E-state index < -0.39 is 11.0 Å². The molecule has 1 aromatic carbocycles. The van der Waals surface area contributed by atoms with E-state index in [0.717, 1.165) is 0 Å². The van der Waals surface area contributed by atoms with E-state index in [1.54, 1.807) is 6.92 Å². The Morgan fingerprint density at radius 2 is 2.05 bits per heavy atom. The fourth-order valence-electron chi connectivity index (χ4n) is 1.34. The quantitative estimate of drug-likeness (QED) is 0.666. The highest BCUT2D eigenvalue weighted by atomic mass is 35.5. The molecule has 1 unspecified atom stereocenters. The van der Waals surface area contributed by atoms with Crippen LogP contribution in [0.5, 0.6) is 5.75 Å². The van der Waals surface area contributed by atoms with Gasteiger partial charge >= 0.3 is 0 Å². The van der Waals surface area contributed by atoms with Gasteiger partial charge < -0.3 is 10.1 Å². The minimum atomic E-state index is -0.790. The lowest BCUT2D eigenvalue weighted by molar-refractivity contribution is -0.384. The van der Waals surface area contributed by atoms with Crippen molar-refractivity contribution < 1.29 is 14.5 Å². The van der Waals surface area contributed by atoms with Gasteiger partial charge in [0.15, 0.2) is 6.10 Å². The summed E-state index contributed by atoms with van der Waals surface area (Å²) in [5.41, 5.74) is -0.143. The summed E-state index contributed by atoms with van der Waals surface area (Å²) < 4.78 is 5.35. The number of nitrogens with one attached hydrogen (secondary N) is 1. The minimum absolute atomic E-state index is 0.0147. The Balaban J connectivity index is 2.84. The number of nitro benzene ring substituents is 1. The third-order valence-electron chi connectivity index (χ3n) is 2.23. The van der Waals surface area contributed by atoms with Crippen molar-refractivity contribution in [2.75, 3.05) is 0 Å². The van der Waals surface area contributed by atoms with Crippen molar-refractivity contribution >= 4 is 23.2 Å². The van der Waals surface area contributed by atoms with E-state index >= 15 is 0 Å². The van der Waals surface area contributed by atoms with Gasteiger partial charge in [-0.1, -0.05) is 11.6 Å². The molecule has 1 N–H and O–H groups in total. The van der Waals surface area contributed by atoms with Crippen LogP contribution in [-0.4, -0.2) is 23.0 Å². The number of amides is 1. The maximum absolute atomic E-state index is 11.7. The van der Waals surface area contributed by atoms with Crippen LogP contribution in [0.25, 0.3) is 0 Å². The SMILES string of the molecule is CC(C)NC(=O)C(C)Oc1cc([N+](=O)[O-])ccc1Cl. The highest BCUT2D eigenvalue weighted by Crippen LogP contribution is 2.29. The van der Waals surface area contributed by atoms with Gasteiger partial charge in [0.1, 0.15) is 5.75 Å². The molecule has 0 radical (unpaired) electrons. The lowest BCUT2D eigenvalue weighted by atomic mass is 10.3. The third kappa shape index (κ3) is 4.40. The third-order valence-corrected chi connectivity index (χ3v) is 2.54. The number of carbonyl (C=O) groups is 1. The van der Waals surface area contributed by atoms with Crippen molar-refractivity contribution in [1.29, 1.82) is 0 Å². The van der Waals surface area contributed by atoms with Gasteiger partial charge in [0.2, 0.25) is 0 Å². The summed E-state index contributed by atoms with van der Waals surface area (Å²) >= 11 is 5.88. The standard InChI is InChI=1S/C12H15ClN2O4/c1-7(2)14-12(16)8(3)19-11-6-9(15(17)18)4-5-10(11)13/h4-8H,1-3H3,(H,14,16). The molecule has 0 bridgehead atoms. The van der Waals surface area contributed by atoms with Crippen molar-refractivity contribution in [3.63, 3.8) is 0 Å². The van der Waals surface area contributed by atoms with E-state index in [9.17, 15) is 14.9 Å². The molecule has 0 heterocycles. The van der Waals surface area contributed by atoms with Crippen LogP contribution in [0, 0.1) is 10.1 Å². The number of non-ortho nitro benzene ring substituents is 1. The normalized spacial score (nSPS) is 12.1. The lowest BCUT2D eigenvalue weighted by Gasteiger charge is -2.17. The molecular formula is C12H15ClN2O4. The first-order valence-electron chi connectivity index (χ1n) is 5.72. The first-order chi connectivity index (χ1) is 8.81. The summed E-state index contributed by atoms with van der Waals surface area (Å²) in [6.07, 6.45) is -0.790. The molecule has 0 aliphatic rings. The van der Waals surface area contributed by atoms with E-state index in [1.807, 2.05) is 13.8 Å². The molecule has 0 saturated carbocycles. The minimum Gasteiger partial charge on any atom is -0.479 e. The van der Waals surface area contributed by atoms with Gasteiger partial charge in [-0.25, -0.2) is 0 Å². The Hall–Kier alpha value is -1.82. The smallest absolute Gasteiger partial charge is 0.273 e. The van der Waals surface area contributed by atoms with E-state index in [4.69, 9.17) is 16.3 Å². The van der Waals surface area contributed by atoms with Gasteiger partial charge in [0.25, 0.3) is 11.6 Å². The monoisotopic (exact) mass is 286 g/mol. The fourth-order valence-corrected chi connectivity index (χ4v) is 1.50. The van der Waals surface area contributed by atoms with E-state index in [-0.39, 0.29) is 28.4 Å². The summed E-state index contributed by atoms with van der Waals surface area (Å²) in [5, 5.41) is 13.6. The molecule has 1 rings (SSSR count). The van der Waals surface area contributed by atoms with Crippen LogP contribution in [0.1, 0.15) is 20.8 Å².